The summed E-state index contributed by atoms with van der Waals surface area (Å²) >= 11 is 12.3. The molecular formula is C14H19Cl2N3. The molecule has 0 unspecified atom stereocenters. The first-order valence-corrected chi connectivity index (χ1v) is 7.21. The summed E-state index contributed by atoms with van der Waals surface area (Å²) in [5.41, 5.74) is 1.29. The number of nitrogens with zero attached hydrogens (tertiary/aromatic N) is 1. The molecule has 19 heavy (non-hydrogen) atoms. The molecule has 0 aromatic heterocycles. The molecule has 0 radical (unpaired) electrons. The van der Waals surface area contributed by atoms with Crippen LogP contribution in [0.5, 0.6) is 0 Å². The van der Waals surface area contributed by atoms with Crippen LogP contribution < -0.4 is 10.6 Å². The number of rotatable bonds is 3. The van der Waals surface area contributed by atoms with E-state index in [1.54, 1.807) is 7.05 Å². The van der Waals surface area contributed by atoms with Gasteiger partial charge in [0.2, 0.25) is 0 Å². The van der Waals surface area contributed by atoms with Crippen molar-refractivity contribution < 1.29 is 0 Å². The van der Waals surface area contributed by atoms with Crippen molar-refractivity contribution in [3.63, 3.8) is 0 Å². The van der Waals surface area contributed by atoms with Crippen molar-refractivity contribution in [2.45, 2.75) is 24.7 Å². The quantitative estimate of drug-likeness (QED) is 0.664. The predicted octanol–water partition coefficient (Wildman–Crippen LogP) is 3.21. The zero-order chi connectivity index (χ0) is 13.9. The zero-order valence-electron chi connectivity index (χ0n) is 11.3. The summed E-state index contributed by atoms with van der Waals surface area (Å²) in [5.74, 6) is 0.802. The average Bonchev–Trinajstić information content (AvgIpc) is 2.34. The Hall–Kier alpha value is -0.930. The van der Waals surface area contributed by atoms with Crippen LogP contribution >= 0.6 is 23.2 Å². The molecule has 1 aromatic rings. The van der Waals surface area contributed by atoms with Crippen LogP contribution in [-0.4, -0.2) is 26.6 Å². The fraction of sp³-hybridized carbons (Fsp3) is 0.500. The second kappa shape index (κ2) is 6.02. The lowest BCUT2D eigenvalue weighted by Gasteiger charge is -2.43. The maximum atomic E-state index is 6.35. The van der Waals surface area contributed by atoms with Gasteiger partial charge in [0.15, 0.2) is 5.96 Å². The van der Waals surface area contributed by atoms with E-state index in [4.69, 9.17) is 23.2 Å². The fourth-order valence-corrected chi connectivity index (χ4v) is 3.21. The molecule has 104 valence electrons. The second-order valence-corrected chi connectivity index (χ2v) is 5.78. The van der Waals surface area contributed by atoms with E-state index in [1.807, 2.05) is 25.2 Å². The lowest BCUT2D eigenvalue weighted by molar-refractivity contribution is 0.244. The Balaban J connectivity index is 2.18. The van der Waals surface area contributed by atoms with Crippen molar-refractivity contribution in [3.05, 3.63) is 33.8 Å². The number of halogens is 2. The van der Waals surface area contributed by atoms with Crippen LogP contribution in [0.25, 0.3) is 0 Å². The molecule has 0 amide bonds. The smallest absolute Gasteiger partial charge is 0.190 e. The second-order valence-electron chi connectivity index (χ2n) is 4.93. The number of hydrogen-bond donors (Lipinski definition) is 2. The van der Waals surface area contributed by atoms with E-state index in [-0.39, 0.29) is 5.41 Å². The molecule has 0 atom stereocenters. The summed E-state index contributed by atoms with van der Waals surface area (Å²) < 4.78 is 0. The van der Waals surface area contributed by atoms with E-state index in [9.17, 15) is 0 Å². The maximum Gasteiger partial charge on any atom is 0.190 e. The number of hydrogen-bond acceptors (Lipinski definition) is 1. The van der Waals surface area contributed by atoms with Gasteiger partial charge in [-0.3, -0.25) is 4.99 Å². The SMILES string of the molecule is CN=C(NC)NCC1(c2ccc(Cl)cc2Cl)CCC1. The van der Waals surface area contributed by atoms with Crippen molar-refractivity contribution in [3.8, 4) is 0 Å². The Kier molecular flexibility index (Phi) is 4.58. The highest BCUT2D eigenvalue weighted by molar-refractivity contribution is 6.35. The van der Waals surface area contributed by atoms with Crippen molar-refractivity contribution in [1.29, 1.82) is 0 Å². The van der Waals surface area contributed by atoms with Gasteiger partial charge in [0.1, 0.15) is 0 Å². The van der Waals surface area contributed by atoms with Gasteiger partial charge < -0.3 is 10.6 Å². The van der Waals surface area contributed by atoms with Crippen LogP contribution in [0.2, 0.25) is 10.0 Å². The van der Waals surface area contributed by atoms with Gasteiger partial charge in [-0.1, -0.05) is 35.7 Å². The first-order valence-electron chi connectivity index (χ1n) is 6.45. The molecule has 0 saturated heterocycles. The van der Waals surface area contributed by atoms with Crippen LogP contribution in [0, 0.1) is 0 Å². The van der Waals surface area contributed by atoms with E-state index < -0.39 is 0 Å². The van der Waals surface area contributed by atoms with E-state index in [0.29, 0.717) is 5.02 Å². The molecule has 2 N–H and O–H groups in total. The summed E-state index contributed by atoms with van der Waals surface area (Å²) in [6, 6.07) is 5.79. The van der Waals surface area contributed by atoms with E-state index >= 15 is 0 Å². The van der Waals surface area contributed by atoms with Gasteiger partial charge in [-0.15, -0.1) is 0 Å². The molecule has 0 bridgehead atoms. The monoisotopic (exact) mass is 299 g/mol. The van der Waals surface area contributed by atoms with E-state index in [0.717, 1.165) is 30.4 Å². The van der Waals surface area contributed by atoms with Crippen LogP contribution in [0.1, 0.15) is 24.8 Å². The Morgan fingerprint density at radius 3 is 2.58 bits per heavy atom. The van der Waals surface area contributed by atoms with Crippen molar-refractivity contribution in [2.75, 3.05) is 20.6 Å². The summed E-state index contributed by atoms with van der Waals surface area (Å²) in [6.07, 6.45) is 3.52. The minimum atomic E-state index is 0.106. The maximum absolute atomic E-state index is 6.35. The average molecular weight is 300 g/mol. The normalized spacial score (nSPS) is 17.8. The molecule has 0 spiro atoms. The fourth-order valence-electron chi connectivity index (χ4n) is 2.60. The molecular weight excluding hydrogens is 281 g/mol. The van der Waals surface area contributed by atoms with Crippen molar-refractivity contribution in [2.24, 2.45) is 4.99 Å². The molecule has 0 heterocycles. The third-order valence-corrected chi connectivity index (χ3v) is 4.42. The molecule has 2 rings (SSSR count). The Morgan fingerprint density at radius 2 is 2.11 bits per heavy atom. The molecule has 0 aliphatic heterocycles. The lowest BCUT2D eigenvalue weighted by atomic mass is 9.64. The van der Waals surface area contributed by atoms with Crippen molar-refractivity contribution >= 4 is 29.2 Å². The molecule has 1 aliphatic carbocycles. The Labute approximate surface area is 124 Å². The highest BCUT2D eigenvalue weighted by atomic mass is 35.5. The van der Waals surface area contributed by atoms with Crippen LogP contribution in [-0.2, 0) is 5.41 Å². The lowest BCUT2D eigenvalue weighted by Crippen LogP contribution is -2.48. The summed E-state index contributed by atoms with van der Waals surface area (Å²) in [5, 5.41) is 7.82. The van der Waals surface area contributed by atoms with Gasteiger partial charge in [0.25, 0.3) is 0 Å². The summed E-state index contributed by atoms with van der Waals surface area (Å²) in [7, 11) is 3.62. The first-order chi connectivity index (χ1) is 9.11. The predicted molar refractivity (Wildman–Crippen MR) is 82.4 cm³/mol. The standard InChI is InChI=1S/C14H19Cl2N3/c1-17-13(18-2)19-9-14(6-3-7-14)11-5-4-10(15)8-12(11)16/h4-5,8H,3,6-7,9H2,1-2H3,(H2,17,18,19). The van der Waals surface area contributed by atoms with Crippen LogP contribution in [0.3, 0.4) is 0 Å². The van der Waals surface area contributed by atoms with Gasteiger partial charge >= 0.3 is 0 Å². The van der Waals surface area contributed by atoms with Gasteiger partial charge in [-0.25, -0.2) is 0 Å². The topological polar surface area (TPSA) is 36.4 Å². The molecule has 3 nitrogen and oxygen atoms in total. The van der Waals surface area contributed by atoms with Gasteiger partial charge in [-0.2, -0.15) is 0 Å². The summed E-state index contributed by atoms with van der Waals surface area (Å²) in [4.78, 5) is 4.14. The van der Waals surface area contributed by atoms with Gasteiger partial charge in [0.05, 0.1) is 0 Å². The minimum Gasteiger partial charge on any atom is -0.359 e. The molecule has 1 aromatic carbocycles. The van der Waals surface area contributed by atoms with Crippen LogP contribution in [0.15, 0.2) is 23.2 Å². The molecule has 1 fully saturated rings. The van der Waals surface area contributed by atoms with E-state index in [2.05, 4.69) is 15.6 Å². The first kappa shape index (κ1) is 14.5. The Bertz CT molecular complexity index is 482. The third kappa shape index (κ3) is 2.98. The zero-order valence-corrected chi connectivity index (χ0v) is 12.8. The number of aliphatic imine (C=N–C) groups is 1. The molecule has 5 heteroatoms. The number of benzene rings is 1. The van der Waals surface area contributed by atoms with Crippen LogP contribution in [0.4, 0.5) is 0 Å². The highest BCUT2D eigenvalue weighted by Crippen LogP contribution is 2.46. The van der Waals surface area contributed by atoms with Gasteiger partial charge in [0, 0.05) is 36.1 Å². The summed E-state index contributed by atoms with van der Waals surface area (Å²) in [6.45, 7) is 0.835. The number of nitrogens with one attached hydrogen (secondary N) is 2. The highest BCUT2D eigenvalue weighted by Gasteiger charge is 2.40. The molecule has 1 saturated carbocycles. The van der Waals surface area contributed by atoms with E-state index in [1.165, 1.54) is 12.0 Å². The number of guanidine groups is 1. The Morgan fingerprint density at radius 1 is 1.37 bits per heavy atom. The minimum absolute atomic E-state index is 0.106. The third-order valence-electron chi connectivity index (χ3n) is 3.87. The van der Waals surface area contributed by atoms with Crippen molar-refractivity contribution in [1.82, 2.24) is 10.6 Å². The molecule has 1 aliphatic rings. The van der Waals surface area contributed by atoms with Gasteiger partial charge in [-0.05, 0) is 30.5 Å². The largest absolute Gasteiger partial charge is 0.359 e.